The summed E-state index contributed by atoms with van der Waals surface area (Å²) >= 11 is 0. The first kappa shape index (κ1) is 19.4. The van der Waals surface area contributed by atoms with Gasteiger partial charge in [-0.25, -0.2) is 0 Å². The van der Waals surface area contributed by atoms with Crippen molar-refractivity contribution in [2.75, 3.05) is 0 Å². The van der Waals surface area contributed by atoms with Crippen LogP contribution in [0, 0.1) is 46.3 Å². The first-order chi connectivity index (χ1) is 12.0. The van der Waals surface area contributed by atoms with Crippen LogP contribution in [0.1, 0.15) is 98.3 Å². The molecule has 0 aliphatic heterocycles. The van der Waals surface area contributed by atoms with Crippen LogP contribution in [0.25, 0.3) is 0 Å². The molecule has 4 aliphatic rings. The van der Waals surface area contributed by atoms with Gasteiger partial charge in [-0.1, -0.05) is 53.4 Å². The second-order valence-electron chi connectivity index (χ2n) is 10.4. The minimum absolute atomic E-state index is 0.700. The zero-order valence-electron chi connectivity index (χ0n) is 17.4. The predicted octanol–water partition coefficient (Wildman–Crippen LogP) is 6.90. The normalized spacial score (nSPS) is 51.5. The van der Waals surface area contributed by atoms with E-state index in [2.05, 4.69) is 27.7 Å². The average molecular weight is 347 g/mol. The Hall–Kier alpha value is -0.330. The Balaban J connectivity index is 0.000000880. The van der Waals surface area contributed by atoms with Crippen LogP contribution in [-0.4, -0.2) is 6.79 Å². The topological polar surface area (TPSA) is 17.1 Å². The molecule has 0 bridgehead atoms. The van der Waals surface area contributed by atoms with Crippen LogP contribution in [0.15, 0.2) is 0 Å². The van der Waals surface area contributed by atoms with Gasteiger partial charge in [0.1, 0.15) is 6.79 Å². The zero-order valence-corrected chi connectivity index (χ0v) is 17.4. The molecule has 0 aromatic carbocycles. The van der Waals surface area contributed by atoms with Crippen molar-refractivity contribution in [3.8, 4) is 0 Å². The second-order valence-corrected chi connectivity index (χ2v) is 10.4. The van der Waals surface area contributed by atoms with Crippen molar-refractivity contribution in [2.45, 2.75) is 98.3 Å². The second kappa shape index (κ2) is 7.35. The van der Waals surface area contributed by atoms with Crippen molar-refractivity contribution in [2.24, 2.45) is 46.3 Å². The van der Waals surface area contributed by atoms with Gasteiger partial charge in [-0.2, -0.15) is 0 Å². The Morgan fingerprint density at radius 3 is 2.20 bits per heavy atom. The van der Waals surface area contributed by atoms with Gasteiger partial charge in [0.25, 0.3) is 0 Å². The van der Waals surface area contributed by atoms with E-state index in [0.29, 0.717) is 10.8 Å². The van der Waals surface area contributed by atoms with Gasteiger partial charge >= 0.3 is 0 Å². The van der Waals surface area contributed by atoms with Crippen LogP contribution in [-0.2, 0) is 4.79 Å². The highest BCUT2D eigenvalue weighted by Gasteiger charge is 2.60. The van der Waals surface area contributed by atoms with E-state index in [0.717, 1.165) is 35.5 Å². The number of hydrogen-bond acceptors (Lipinski definition) is 1. The first-order valence-corrected chi connectivity index (χ1v) is 11.3. The van der Waals surface area contributed by atoms with Crippen molar-refractivity contribution in [3.63, 3.8) is 0 Å². The number of carbonyl (C=O) groups excluding carboxylic acids is 1. The third-order valence-electron chi connectivity index (χ3n) is 9.97. The Bertz CT molecular complexity index is 459. The van der Waals surface area contributed by atoms with E-state index in [9.17, 15) is 0 Å². The van der Waals surface area contributed by atoms with Gasteiger partial charge in [0.05, 0.1) is 0 Å². The first-order valence-electron chi connectivity index (χ1n) is 11.3. The highest BCUT2D eigenvalue weighted by Crippen LogP contribution is 2.68. The largest absolute Gasteiger partial charge is 0.307 e. The lowest BCUT2D eigenvalue weighted by Gasteiger charge is -2.62. The lowest BCUT2D eigenvalue weighted by atomic mass is 9.42. The van der Waals surface area contributed by atoms with Crippen molar-refractivity contribution >= 4 is 6.79 Å². The molecular formula is C24H42O. The molecule has 6 unspecified atom stereocenters. The Morgan fingerprint density at radius 2 is 1.52 bits per heavy atom. The predicted molar refractivity (Wildman–Crippen MR) is 106 cm³/mol. The van der Waals surface area contributed by atoms with E-state index < -0.39 is 0 Å². The van der Waals surface area contributed by atoms with E-state index in [1.165, 1.54) is 32.1 Å². The minimum Gasteiger partial charge on any atom is -0.307 e. The summed E-state index contributed by atoms with van der Waals surface area (Å²) in [6.07, 6.45) is 16.8. The molecule has 1 heteroatoms. The van der Waals surface area contributed by atoms with Gasteiger partial charge in [-0.3, -0.25) is 0 Å². The van der Waals surface area contributed by atoms with Crippen LogP contribution in [0.2, 0.25) is 0 Å². The summed E-state index contributed by atoms with van der Waals surface area (Å²) in [4.78, 5) is 8.00. The molecule has 0 N–H and O–H groups in total. The molecule has 4 saturated carbocycles. The molecular weight excluding hydrogens is 304 g/mol. The van der Waals surface area contributed by atoms with Gasteiger partial charge in [0, 0.05) is 0 Å². The lowest BCUT2D eigenvalue weighted by molar-refractivity contribution is -0.135. The van der Waals surface area contributed by atoms with Crippen molar-refractivity contribution in [1.82, 2.24) is 0 Å². The summed E-state index contributed by atoms with van der Waals surface area (Å²) in [5, 5.41) is 0. The summed E-state index contributed by atoms with van der Waals surface area (Å²) in [6, 6.07) is 0. The number of hydrogen-bond donors (Lipinski definition) is 0. The average Bonchev–Trinajstić information content (AvgIpc) is 2.98. The van der Waals surface area contributed by atoms with E-state index in [1.807, 2.05) is 6.79 Å². The molecule has 0 radical (unpaired) electrons. The molecule has 144 valence electrons. The molecule has 4 fully saturated rings. The van der Waals surface area contributed by atoms with Gasteiger partial charge in [0.15, 0.2) is 0 Å². The molecule has 0 heterocycles. The monoisotopic (exact) mass is 346 g/mol. The van der Waals surface area contributed by atoms with Crippen molar-refractivity contribution in [1.29, 1.82) is 0 Å². The lowest BCUT2D eigenvalue weighted by Crippen LogP contribution is -2.55. The highest BCUT2D eigenvalue weighted by atomic mass is 16.1. The van der Waals surface area contributed by atoms with E-state index in [-0.39, 0.29) is 0 Å². The van der Waals surface area contributed by atoms with Crippen molar-refractivity contribution in [3.05, 3.63) is 0 Å². The fraction of sp³-hybridized carbons (Fsp3) is 0.958. The smallest absolute Gasteiger partial charge is 0.106 e. The molecule has 25 heavy (non-hydrogen) atoms. The number of rotatable bonds is 2. The molecule has 4 rings (SSSR count). The molecule has 0 aromatic rings. The zero-order chi connectivity index (χ0) is 18.2. The molecule has 0 amide bonds. The maximum Gasteiger partial charge on any atom is 0.106 e. The maximum atomic E-state index is 8.00. The molecule has 0 saturated heterocycles. The third kappa shape index (κ3) is 2.83. The van der Waals surface area contributed by atoms with E-state index >= 15 is 0 Å². The molecule has 4 aliphatic carbocycles. The van der Waals surface area contributed by atoms with E-state index in [1.54, 1.807) is 38.5 Å². The summed E-state index contributed by atoms with van der Waals surface area (Å²) in [7, 11) is 0. The van der Waals surface area contributed by atoms with Crippen LogP contribution >= 0.6 is 0 Å². The molecule has 1 nitrogen and oxygen atoms in total. The van der Waals surface area contributed by atoms with Gasteiger partial charge in [0.2, 0.25) is 0 Å². The molecule has 8 atom stereocenters. The minimum atomic E-state index is 0.700. The van der Waals surface area contributed by atoms with E-state index in [4.69, 9.17) is 4.79 Å². The summed E-state index contributed by atoms with van der Waals surface area (Å²) in [5.74, 6) is 6.36. The third-order valence-corrected chi connectivity index (χ3v) is 9.97. The maximum absolute atomic E-state index is 8.00. The molecule has 0 aromatic heterocycles. The summed E-state index contributed by atoms with van der Waals surface area (Å²) < 4.78 is 0. The van der Waals surface area contributed by atoms with Gasteiger partial charge in [-0.05, 0) is 91.3 Å². The fourth-order valence-electron chi connectivity index (χ4n) is 8.80. The fourth-order valence-corrected chi connectivity index (χ4v) is 8.80. The Morgan fingerprint density at radius 1 is 0.800 bits per heavy atom. The Labute approximate surface area is 156 Å². The van der Waals surface area contributed by atoms with Crippen LogP contribution in [0.4, 0.5) is 0 Å². The summed E-state index contributed by atoms with van der Waals surface area (Å²) in [6.45, 7) is 12.4. The Kier molecular flexibility index (Phi) is 5.72. The molecule has 0 spiro atoms. The summed E-state index contributed by atoms with van der Waals surface area (Å²) in [5.41, 5.74) is 1.40. The van der Waals surface area contributed by atoms with Crippen molar-refractivity contribution < 1.29 is 4.79 Å². The number of fused-ring (bicyclic) bond motifs is 5. The highest BCUT2D eigenvalue weighted by molar-refractivity contribution is 5.11. The van der Waals surface area contributed by atoms with Crippen LogP contribution in [0.3, 0.4) is 0 Å². The van der Waals surface area contributed by atoms with Gasteiger partial charge < -0.3 is 4.79 Å². The number of carbonyl (C=O) groups is 1. The quantitative estimate of drug-likeness (QED) is 0.531. The van der Waals surface area contributed by atoms with Crippen LogP contribution < -0.4 is 0 Å². The van der Waals surface area contributed by atoms with Crippen LogP contribution in [0.5, 0.6) is 0 Å². The SMILES string of the molecule is C=O.CCC1CCC2C3C[C@H](CC)C4CCCCC4(C)[C@H]3CCC12C. The standard InChI is InChI=1S/C23H40.CH2O/c1-5-16-15-18-20-11-10-17(6-2)22(20,3)14-12-21(18)23(4)13-8-7-9-19(16)23;1-2/h16-21H,5-15H2,1-4H3;1H2/t16-,17?,18?,19?,20?,21-,22?,23?;/m0./s1. The van der Waals surface area contributed by atoms with Gasteiger partial charge in [-0.15, -0.1) is 0 Å².